The average Bonchev–Trinajstić information content (AvgIpc) is 2.25. The lowest BCUT2D eigenvalue weighted by Crippen LogP contribution is -3.17. The Bertz CT molecular complexity index is 263. The first-order valence-electron chi connectivity index (χ1n) is 6.75. The van der Waals surface area contributed by atoms with Gasteiger partial charge in [0.05, 0.1) is 19.0 Å². The molecular weight excluding hydrogens is 186 g/mol. The van der Waals surface area contributed by atoms with Gasteiger partial charge in [-0.3, -0.25) is 4.90 Å². The van der Waals surface area contributed by atoms with Gasteiger partial charge < -0.3 is 0 Å². The van der Waals surface area contributed by atoms with Gasteiger partial charge in [-0.05, 0) is 43.9 Å². The molecule has 0 radical (unpaired) electrons. The lowest BCUT2D eigenvalue weighted by molar-refractivity contribution is -0.829. The second-order valence-electron chi connectivity index (χ2n) is 5.73. The van der Waals surface area contributed by atoms with Crippen LogP contribution in [-0.4, -0.2) is 19.0 Å². The third-order valence-electron chi connectivity index (χ3n) is 4.94. The molecule has 2 heteroatoms. The maximum atomic E-state index is 12.4. The Hall–Kier alpha value is -0.370. The number of amides is 1. The van der Waals surface area contributed by atoms with E-state index in [0.717, 1.165) is 24.9 Å². The number of quaternary nitrogens is 1. The number of carbonyl (C=O) groups excluding carboxylic acids is 1. The van der Waals surface area contributed by atoms with Crippen molar-refractivity contribution in [3.8, 4) is 0 Å². The number of rotatable bonds is 0. The maximum Gasteiger partial charge on any atom is 0.315 e. The highest BCUT2D eigenvalue weighted by Crippen LogP contribution is 2.40. The van der Waals surface area contributed by atoms with E-state index in [1.807, 2.05) is 0 Å². The van der Waals surface area contributed by atoms with Gasteiger partial charge in [-0.15, -0.1) is 0 Å². The van der Waals surface area contributed by atoms with Crippen LogP contribution in [-0.2, 0) is 4.79 Å². The summed E-state index contributed by atoms with van der Waals surface area (Å²) in [4.78, 5) is 13.7. The minimum Gasteiger partial charge on any atom is -0.272 e. The van der Waals surface area contributed by atoms with Gasteiger partial charge in [-0.2, -0.15) is 0 Å². The Morgan fingerprint density at radius 1 is 0.867 bits per heavy atom. The highest BCUT2D eigenvalue weighted by molar-refractivity contribution is 5.71. The largest absolute Gasteiger partial charge is 0.315 e. The smallest absolute Gasteiger partial charge is 0.272 e. The van der Waals surface area contributed by atoms with Crippen molar-refractivity contribution < 1.29 is 9.69 Å². The summed E-state index contributed by atoms with van der Waals surface area (Å²) < 4.78 is 0. The minimum absolute atomic E-state index is 0.461. The molecular formula is C13H22NO+. The van der Waals surface area contributed by atoms with Gasteiger partial charge in [-0.25, -0.2) is 4.79 Å². The predicted molar refractivity (Wildman–Crippen MR) is 58.5 cm³/mol. The first-order chi connectivity index (χ1) is 7.36. The fraction of sp³-hybridized carbons (Fsp3) is 0.923. The zero-order valence-corrected chi connectivity index (χ0v) is 9.50. The molecule has 4 unspecified atom stereocenters. The van der Waals surface area contributed by atoms with Crippen molar-refractivity contribution in [1.82, 2.24) is 0 Å². The van der Waals surface area contributed by atoms with Gasteiger partial charge in [0, 0.05) is 6.42 Å². The van der Waals surface area contributed by atoms with Crippen molar-refractivity contribution in [2.24, 2.45) is 17.8 Å². The molecule has 1 N–H and O–H groups in total. The van der Waals surface area contributed by atoms with Crippen molar-refractivity contribution in [3.05, 3.63) is 0 Å². The van der Waals surface area contributed by atoms with E-state index in [1.54, 1.807) is 0 Å². The average molecular weight is 208 g/mol. The number of hydrogen-bond acceptors (Lipinski definition) is 1. The van der Waals surface area contributed by atoms with Gasteiger partial charge in [0.2, 0.25) is 0 Å². The quantitative estimate of drug-likeness (QED) is 0.630. The summed E-state index contributed by atoms with van der Waals surface area (Å²) in [7, 11) is 0. The van der Waals surface area contributed by atoms with Crippen LogP contribution in [0.1, 0.15) is 44.9 Å². The Labute approximate surface area is 92.0 Å². The van der Waals surface area contributed by atoms with Gasteiger partial charge in [0.25, 0.3) is 0 Å². The summed E-state index contributed by atoms with van der Waals surface area (Å²) in [5.74, 6) is 2.57. The lowest BCUT2D eigenvalue weighted by Gasteiger charge is -2.42. The Kier molecular flexibility index (Phi) is 2.55. The molecule has 2 bridgehead atoms. The third-order valence-corrected chi connectivity index (χ3v) is 4.94. The molecule has 0 aromatic rings. The molecule has 15 heavy (non-hydrogen) atoms. The summed E-state index contributed by atoms with van der Waals surface area (Å²) in [6.07, 6.45) is 9.34. The fourth-order valence-electron chi connectivity index (χ4n) is 4.17. The molecule has 4 atom stereocenters. The van der Waals surface area contributed by atoms with E-state index in [0.29, 0.717) is 11.8 Å². The van der Waals surface area contributed by atoms with Crippen LogP contribution in [0.3, 0.4) is 0 Å². The lowest BCUT2D eigenvalue weighted by atomic mass is 9.66. The molecule has 2 heterocycles. The summed E-state index contributed by atoms with van der Waals surface area (Å²) in [6.45, 7) is 2.25. The van der Waals surface area contributed by atoms with Gasteiger partial charge in [0.15, 0.2) is 0 Å². The first kappa shape index (κ1) is 9.83. The molecule has 3 rings (SSSR count). The first-order valence-corrected chi connectivity index (χ1v) is 6.75. The topological polar surface area (TPSA) is 21.5 Å². The SMILES string of the molecule is O=C1C2C3CCCC[NH+]1CCC2CCC3. The van der Waals surface area contributed by atoms with Crippen LogP contribution >= 0.6 is 0 Å². The summed E-state index contributed by atoms with van der Waals surface area (Å²) in [5, 5.41) is 0. The minimum atomic E-state index is 0.461. The summed E-state index contributed by atoms with van der Waals surface area (Å²) in [5.41, 5.74) is 0. The molecule has 1 amide bonds. The second-order valence-corrected chi connectivity index (χ2v) is 5.73. The number of fused-ring (bicyclic) bond motifs is 1. The van der Waals surface area contributed by atoms with Crippen LogP contribution in [0.5, 0.6) is 0 Å². The molecule has 3 fully saturated rings. The molecule has 3 aliphatic rings. The van der Waals surface area contributed by atoms with E-state index >= 15 is 0 Å². The molecule has 1 saturated carbocycles. The van der Waals surface area contributed by atoms with Crippen LogP contribution in [0.2, 0.25) is 0 Å². The van der Waals surface area contributed by atoms with Gasteiger partial charge in [0.1, 0.15) is 0 Å². The van der Waals surface area contributed by atoms with Crippen molar-refractivity contribution in [1.29, 1.82) is 0 Å². The maximum absolute atomic E-state index is 12.4. The van der Waals surface area contributed by atoms with Crippen molar-refractivity contribution in [2.45, 2.75) is 44.9 Å². The third kappa shape index (κ3) is 1.63. The van der Waals surface area contributed by atoms with Crippen LogP contribution < -0.4 is 4.90 Å². The summed E-state index contributed by atoms with van der Waals surface area (Å²) >= 11 is 0. The van der Waals surface area contributed by atoms with Crippen molar-refractivity contribution in [2.75, 3.05) is 13.1 Å². The number of nitrogens with one attached hydrogen (secondary N) is 1. The molecule has 1 aliphatic carbocycles. The summed E-state index contributed by atoms with van der Waals surface area (Å²) in [6, 6.07) is 0. The molecule has 2 nitrogen and oxygen atoms in total. The normalized spacial score (nSPS) is 45.7. The zero-order chi connectivity index (χ0) is 10.3. The van der Waals surface area contributed by atoms with Crippen LogP contribution in [0.15, 0.2) is 0 Å². The van der Waals surface area contributed by atoms with E-state index in [9.17, 15) is 4.79 Å². The van der Waals surface area contributed by atoms with Gasteiger partial charge >= 0.3 is 5.91 Å². The molecule has 2 saturated heterocycles. The van der Waals surface area contributed by atoms with Gasteiger partial charge in [-0.1, -0.05) is 6.42 Å². The number of piperidine rings is 1. The standard InChI is InChI=1S/C13H21NO/c15-13-12-10-4-1-2-8-14(13)9-7-11(12)6-3-5-10/h10-12H,1-9H2/p+1. The molecule has 2 aliphatic heterocycles. The van der Waals surface area contributed by atoms with E-state index in [1.165, 1.54) is 49.8 Å². The number of carbonyl (C=O) groups is 1. The Balaban J connectivity index is 1.87. The van der Waals surface area contributed by atoms with E-state index in [2.05, 4.69) is 0 Å². The Morgan fingerprint density at radius 3 is 2.47 bits per heavy atom. The monoisotopic (exact) mass is 208 g/mol. The van der Waals surface area contributed by atoms with Crippen LogP contribution in [0, 0.1) is 17.8 Å². The molecule has 0 aromatic heterocycles. The molecule has 0 spiro atoms. The van der Waals surface area contributed by atoms with Crippen LogP contribution in [0.25, 0.3) is 0 Å². The van der Waals surface area contributed by atoms with Crippen LogP contribution in [0.4, 0.5) is 0 Å². The highest BCUT2D eigenvalue weighted by Gasteiger charge is 2.46. The number of hydrogen-bond donors (Lipinski definition) is 1. The fourth-order valence-corrected chi connectivity index (χ4v) is 4.17. The Morgan fingerprint density at radius 2 is 1.60 bits per heavy atom. The van der Waals surface area contributed by atoms with Crippen molar-refractivity contribution >= 4 is 5.91 Å². The zero-order valence-electron chi connectivity index (χ0n) is 9.50. The van der Waals surface area contributed by atoms with E-state index < -0.39 is 0 Å². The highest BCUT2D eigenvalue weighted by atomic mass is 16.2. The van der Waals surface area contributed by atoms with E-state index in [-0.39, 0.29) is 0 Å². The molecule has 0 aromatic carbocycles. The van der Waals surface area contributed by atoms with E-state index in [4.69, 9.17) is 0 Å². The van der Waals surface area contributed by atoms with Crippen molar-refractivity contribution in [3.63, 3.8) is 0 Å². The molecule has 84 valence electrons. The second kappa shape index (κ2) is 3.89. The predicted octanol–water partition coefficient (Wildman–Crippen LogP) is 1.02.